The normalized spacial score (nSPS) is 15.5. The van der Waals surface area contributed by atoms with Crippen molar-refractivity contribution in [2.24, 2.45) is 0 Å². The number of hydrogen-bond donors (Lipinski definition) is 1. The maximum Gasteiger partial charge on any atom is 0.471 e. The second-order valence-electron chi connectivity index (χ2n) is 6.80. The van der Waals surface area contributed by atoms with Gasteiger partial charge in [-0.3, -0.25) is 9.59 Å². The highest BCUT2D eigenvalue weighted by Gasteiger charge is 2.40. The molecule has 150 valence electrons. The number of para-hydroxylation sites is 1. The van der Waals surface area contributed by atoms with Gasteiger partial charge in [-0.15, -0.1) is 0 Å². The third-order valence-corrected chi connectivity index (χ3v) is 4.63. The lowest BCUT2D eigenvalue weighted by atomic mass is 10.0. The predicted octanol–water partition coefficient (Wildman–Crippen LogP) is 3.13. The van der Waals surface area contributed by atoms with Crippen LogP contribution in [-0.4, -0.2) is 48.6 Å². The number of piperidine rings is 1. The van der Waals surface area contributed by atoms with Crippen molar-refractivity contribution < 1.29 is 27.5 Å². The van der Waals surface area contributed by atoms with Gasteiger partial charge in [0.15, 0.2) is 0 Å². The number of hydrogen-bond acceptors (Lipinski definition) is 3. The molecule has 0 aliphatic carbocycles. The van der Waals surface area contributed by atoms with Crippen molar-refractivity contribution in [2.45, 2.75) is 51.7 Å². The first-order valence-corrected chi connectivity index (χ1v) is 9.03. The van der Waals surface area contributed by atoms with E-state index in [4.69, 9.17) is 4.74 Å². The lowest BCUT2D eigenvalue weighted by Crippen LogP contribution is -2.49. The summed E-state index contributed by atoms with van der Waals surface area (Å²) in [5.74, 6) is -1.12. The first kappa shape index (κ1) is 21.1. The molecule has 2 amide bonds. The highest BCUT2D eigenvalue weighted by Crippen LogP contribution is 2.22. The van der Waals surface area contributed by atoms with E-state index in [1.807, 2.05) is 37.4 Å². The monoisotopic (exact) mass is 386 g/mol. The number of carbonyl (C=O) groups excluding carboxylic acids is 2. The van der Waals surface area contributed by atoms with Crippen molar-refractivity contribution in [1.82, 2.24) is 10.2 Å². The lowest BCUT2D eigenvalue weighted by Gasteiger charge is -2.32. The molecule has 5 nitrogen and oxygen atoms in total. The van der Waals surface area contributed by atoms with E-state index in [0.717, 1.165) is 16.9 Å². The summed E-state index contributed by atoms with van der Waals surface area (Å²) in [5, 5.41) is 1.98. The van der Waals surface area contributed by atoms with Crippen molar-refractivity contribution in [3.05, 3.63) is 29.3 Å². The van der Waals surface area contributed by atoms with Gasteiger partial charge >= 0.3 is 12.1 Å². The Labute approximate surface area is 156 Å². The number of halogens is 3. The van der Waals surface area contributed by atoms with E-state index in [0.29, 0.717) is 45.4 Å². The second kappa shape index (κ2) is 9.10. The zero-order valence-corrected chi connectivity index (χ0v) is 15.6. The number of rotatable bonds is 6. The molecule has 0 bridgehead atoms. The van der Waals surface area contributed by atoms with Crippen molar-refractivity contribution in [3.8, 4) is 5.75 Å². The Hall–Kier alpha value is -2.25. The van der Waals surface area contributed by atoms with Gasteiger partial charge in [-0.25, -0.2) is 0 Å². The molecule has 8 heteroatoms. The van der Waals surface area contributed by atoms with Crippen LogP contribution < -0.4 is 10.1 Å². The van der Waals surface area contributed by atoms with Gasteiger partial charge in [0.05, 0.1) is 6.61 Å². The molecule has 1 aromatic carbocycles. The molecule has 1 aliphatic heterocycles. The predicted molar refractivity (Wildman–Crippen MR) is 94.4 cm³/mol. The van der Waals surface area contributed by atoms with Gasteiger partial charge in [0.25, 0.3) is 0 Å². The molecule has 1 aromatic rings. The fourth-order valence-corrected chi connectivity index (χ4v) is 3.12. The van der Waals surface area contributed by atoms with E-state index >= 15 is 0 Å². The standard InChI is InChI=1S/C19H25F3N2O3/c1-13-5-3-6-14(2)17(13)27-12-4-7-16(25)24-10-8-15(9-11-24)23-18(26)19(20,21)22/h3,5-6,15H,4,7-12H2,1-2H3,(H,23,26). The average Bonchev–Trinajstić information content (AvgIpc) is 2.60. The van der Waals surface area contributed by atoms with Crippen molar-refractivity contribution >= 4 is 11.8 Å². The quantitative estimate of drug-likeness (QED) is 0.765. The molecule has 1 N–H and O–H groups in total. The summed E-state index contributed by atoms with van der Waals surface area (Å²) in [6.45, 7) is 5.05. The van der Waals surface area contributed by atoms with Crippen molar-refractivity contribution in [1.29, 1.82) is 0 Å². The molecule has 27 heavy (non-hydrogen) atoms. The zero-order valence-electron chi connectivity index (χ0n) is 15.6. The highest BCUT2D eigenvalue weighted by molar-refractivity contribution is 5.82. The lowest BCUT2D eigenvalue weighted by molar-refractivity contribution is -0.174. The van der Waals surface area contributed by atoms with E-state index in [-0.39, 0.29) is 5.91 Å². The van der Waals surface area contributed by atoms with Crippen LogP contribution in [0.25, 0.3) is 0 Å². The fraction of sp³-hybridized carbons (Fsp3) is 0.579. The van der Waals surface area contributed by atoms with Gasteiger partial charge in [0, 0.05) is 25.6 Å². The molecule has 1 fully saturated rings. The SMILES string of the molecule is Cc1cccc(C)c1OCCCC(=O)N1CCC(NC(=O)C(F)(F)F)CC1. The molecule has 2 rings (SSSR count). The van der Waals surface area contributed by atoms with Gasteiger partial charge in [-0.1, -0.05) is 18.2 Å². The Morgan fingerprint density at radius 1 is 1.19 bits per heavy atom. The molecule has 0 atom stereocenters. The summed E-state index contributed by atoms with van der Waals surface area (Å²) >= 11 is 0. The third-order valence-electron chi connectivity index (χ3n) is 4.63. The summed E-state index contributed by atoms with van der Waals surface area (Å²) in [6.07, 6.45) is -3.33. The van der Waals surface area contributed by atoms with Crippen LogP contribution >= 0.6 is 0 Å². The van der Waals surface area contributed by atoms with E-state index in [9.17, 15) is 22.8 Å². The van der Waals surface area contributed by atoms with Crippen LogP contribution in [0.1, 0.15) is 36.8 Å². The molecule has 0 unspecified atom stereocenters. The number of carbonyl (C=O) groups is 2. The number of alkyl halides is 3. The van der Waals surface area contributed by atoms with Crippen LogP contribution in [0, 0.1) is 13.8 Å². The summed E-state index contributed by atoms with van der Waals surface area (Å²) in [7, 11) is 0. The Morgan fingerprint density at radius 2 is 1.78 bits per heavy atom. The first-order valence-electron chi connectivity index (χ1n) is 9.03. The fourth-order valence-electron chi connectivity index (χ4n) is 3.12. The first-order chi connectivity index (χ1) is 12.7. The molecule has 0 saturated carbocycles. The minimum atomic E-state index is -4.87. The van der Waals surface area contributed by atoms with Crippen LogP contribution in [0.5, 0.6) is 5.75 Å². The van der Waals surface area contributed by atoms with Crippen LogP contribution in [0.15, 0.2) is 18.2 Å². The van der Waals surface area contributed by atoms with Crippen molar-refractivity contribution in [3.63, 3.8) is 0 Å². The number of nitrogens with zero attached hydrogens (tertiary/aromatic N) is 1. The molecule has 1 saturated heterocycles. The number of amides is 2. The molecular formula is C19H25F3N2O3. The van der Waals surface area contributed by atoms with Crippen LogP contribution in [-0.2, 0) is 9.59 Å². The van der Waals surface area contributed by atoms with Gasteiger partial charge in [-0.2, -0.15) is 13.2 Å². The number of nitrogens with one attached hydrogen (secondary N) is 1. The molecule has 0 spiro atoms. The zero-order chi connectivity index (χ0) is 20.0. The van der Waals surface area contributed by atoms with E-state index in [2.05, 4.69) is 0 Å². The average molecular weight is 386 g/mol. The number of aryl methyl sites for hydroxylation is 2. The maximum atomic E-state index is 12.3. The van der Waals surface area contributed by atoms with Crippen LogP contribution in [0.2, 0.25) is 0 Å². The Morgan fingerprint density at radius 3 is 2.33 bits per heavy atom. The maximum absolute atomic E-state index is 12.3. The third kappa shape index (κ3) is 6.15. The van der Waals surface area contributed by atoms with E-state index < -0.39 is 18.1 Å². The minimum absolute atomic E-state index is 0.0410. The minimum Gasteiger partial charge on any atom is -0.493 e. The number of benzene rings is 1. The van der Waals surface area contributed by atoms with Crippen molar-refractivity contribution in [2.75, 3.05) is 19.7 Å². The Bertz CT molecular complexity index is 648. The smallest absolute Gasteiger partial charge is 0.471 e. The van der Waals surface area contributed by atoms with Crippen LogP contribution in [0.4, 0.5) is 13.2 Å². The highest BCUT2D eigenvalue weighted by atomic mass is 19.4. The van der Waals surface area contributed by atoms with E-state index in [1.165, 1.54) is 0 Å². The second-order valence-corrected chi connectivity index (χ2v) is 6.80. The summed E-state index contributed by atoms with van der Waals surface area (Å²) in [5.41, 5.74) is 2.09. The largest absolute Gasteiger partial charge is 0.493 e. The Kier molecular flexibility index (Phi) is 7.10. The van der Waals surface area contributed by atoms with Gasteiger partial charge in [-0.05, 0) is 44.2 Å². The molecule has 1 aliphatic rings. The van der Waals surface area contributed by atoms with E-state index in [1.54, 1.807) is 4.90 Å². The Balaban J connectivity index is 1.68. The van der Waals surface area contributed by atoms with Crippen LogP contribution in [0.3, 0.4) is 0 Å². The number of ether oxygens (including phenoxy) is 1. The topological polar surface area (TPSA) is 58.6 Å². The van der Waals surface area contributed by atoms with Gasteiger partial charge in [0.1, 0.15) is 5.75 Å². The number of likely N-dealkylation sites (tertiary alicyclic amines) is 1. The van der Waals surface area contributed by atoms with Gasteiger partial charge in [0.2, 0.25) is 5.91 Å². The summed E-state index contributed by atoms with van der Waals surface area (Å²) in [4.78, 5) is 24.8. The molecule has 0 aromatic heterocycles. The summed E-state index contributed by atoms with van der Waals surface area (Å²) < 4.78 is 42.6. The molecule has 0 radical (unpaired) electrons. The molecular weight excluding hydrogens is 361 g/mol. The van der Waals surface area contributed by atoms with Gasteiger partial charge < -0.3 is 15.0 Å². The summed E-state index contributed by atoms with van der Waals surface area (Å²) in [6, 6.07) is 5.35. The molecule has 1 heterocycles.